The lowest BCUT2D eigenvalue weighted by Crippen LogP contribution is -2.17. The summed E-state index contributed by atoms with van der Waals surface area (Å²) in [5.74, 6) is 2.79. The molecule has 0 spiro atoms. The second kappa shape index (κ2) is 9.73. The predicted molar refractivity (Wildman–Crippen MR) is 136 cm³/mol. The standard InChI is InChI=1S/C27H26N2O4S/c1-3-32-21-12-9-19(10-13-21)24-22(28-27-29(26(24)30)15-16-34-27)14-11-20-5-4-6-23(31-2)25(20)33-17-18-7-8-18/h4-6,9-16,18H,3,7-8,17H2,1-2H3. The Kier molecular flexibility index (Phi) is 6.36. The smallest absolute Gasteiger partial charge is 0.266 e. The summed E-state index contributed by atoms with van der Waals surface area (Å²) >= 11 is 1.43. The van der Waals surface area contributed by atoms with Gasteiger partial charge in [-0.3, -0.25) is 9.20 Å². The van der Waals surface area contributed by atoms with Gasteiger partial charge in [0.1, 0.15) is 5.75 Å². The van der Waals surface area contributed by atoms with Gasteiger partial charge in [0.25, 0.3) is 5.56 Å². The molecule has 4 aromatic rings. The average molecular weight is 475 g/mol. The van der Waals surface area contributed by atoms with E-state index < -0.39 is 0 Å². The van der Waals surface area contributed by atoms with Gasteiger partial charge in [-0.2, -0.15) is 0 Å². The molecule has 2 aromatic carbocycles. The van der Waals surface area contributed by atoms with Crippen LogP contribution in [0.1, 0.15) is 31.0 Å². The van der Waals surface area contributed by atoms with Crippen molar-refractivity contribution in [1.29, 1.82) is 0 Å². The van der Waals surface area contributed by atoms with Crippen LogP contribution in [0.4, 0.5) is 0 Å². The van der Waals surface area contributed by atoms with Crippen molar-refractivity contribution in [3.8, 4) is 28.4 Å². The van der Waals surface area contributed by atoms with Crippen molar-refractivity contribution in [2.24, 2.45) is 5.92 Å². The molecule has 6 nitrogen and oxygen atoms in total. The number of benzene rings is 2. The van der Waals surface area contributed by atoms with Crippen LogP contribution in [-0.2, 0) is 0 Å². The Balaban J connectivity index is 1.57. The molecule has 7 heteroatoms. The highest BCUT2D eigenvalue weighted by atomic mass is 32.1. The number of fused-ring (bicyclic) bond motifs is 1. The van der Waals surface area contributed by atoms with Crippen LogP contribution in [-0.4, -0.2) is 29.7 Å². The molecule has 1 aliphatic rings. The normalized spacial score (nSPS) is 13.5. The van der Waals surface area contributed by atoms with Crippen LogP contribution in [0.2, 0.25) is 0 Å². The number of aromatic nitrogens is 2. The van der Waals surface area contributed by atoms with Gasteiger partial charge in [-0.1, -0.05) is 24.3 Å². The molecule has 1 aliphatic carbocycles. The van der Waals surface area contributed by atoms with Crippen LogP contribution in [0.5, 0.6) is 17.2 Å². The molecule has 0 aliphatic heterocycles. The minimum atomic E-state index is -0.106. The highest BCUT2D eigenvalue weighted by Crippen LogP contribution is 2.36. The van der Waals surface area contributed by atoms with E-state index in [0.29, 0.717) is 46.8 Å². The van der Waals surface area contributed by atoms with E-state index in [1.54, 1.807) is 17.7 Å². The Bertz CT molecular complexity index is 1380. The van der Waals surface area contributed by atoms with E-state index >= 15 is 0 Å². The first-order valence-electron chi connectivity index (χ1n) is 11.4. The van der Waals surface area contributed by atoms with Gasteiger partial charge in [-0.25, -0.2) is 4.98 Å². The minimum absolute atomic E-state index is 0.106. The van der Waals surface area contributed by atoms with Crippen molar-refractivity contribution in [2.45, 2.75) is 19.8 Å². The first-order chi connectivity index (χ1) is 16.7. The monoisotopic (exact) mass is 474 g/mol. The largest absolute Gasteiger partial charge is 0.494 e. The maximum absolute atomic E-state index is 13.4. The molecule has 5 rings (SSSR count). The maximum Gasteiger partial charge on any atom is 0.266 e. The fraction of sp³-hybridized carbons (Fsp3) is 0.259. The van der Waals surface area contributed by atoms with E-state index in [2.05, 4.69) is 0 Å². The number of ether oxygens (including phenoxy) is 3. The summed E-state index contributed by atoms with van der Waals surface area (Å²) in [5.41, 5.74) is 2.71. The molecule has 1 saturated carbocycles. The SMILES string of the molecule is CCOc1ccc(-c2c(C=Cc3cccc(OC)c3OCC3CC3)nc3sccn3c2=O)cc1. The molecule has 174 valence electrons. The summed E-state index contributed by atoms with van der Waals surface area (Å²) in [6, 6.07) is 13.4. The zero-order chi connectivity index (χ0) is 23.5. The molecule has 34 heavy (non-hydrogen) atoms. The van der Waals surface area contributed by atoms with Crippen molar-refractivity contribution < 1.29 is 14.2 Å². The summed E-state index contributed by atoms with van der Waals surface area (Å²) < 4.78 is 18.8. The van der Waals surface area contributed by atoms with Gasteiger partial charge in [-0.05, 0) is 61.6 Å². The number of nitrogens with zero attached hydrogens (tertiary/aromatic N) is 2. The zero-order valence-electron chi connectivity index (χ0n) is 19.2. The number of rotatable bonds is 9. The van der Waals surface area contributed by atoms with Crippen molar-refractivity contribution in [3.63, 3.8) is 0 Å². The van der Waals surface area contributed by atoms with Gasteiger partial charge in [0.05, 0.1) is 31.6 Å². The second-order valence-electron chi connectivity index (χ2n) is 8.16. The number of para-hydroxylation sites is 1. The molecule has 0 radical (unpaired) electrons. The quantitative estimate of drug-likeness (QED) is 0.307. The van der Waals surface area contributed by atoms with E-state index in [4.69, 9.17) is 19.2 Å². The fourth-order valence-electron chi connectivity index (χ4n) is 3.81. The summed E-state index contributed by atoms with van der Waals surface area (Å²) in [6.45, 7) is 3.21. The van der Waals surface area contributed by atoms with Gasteiger partial charge in [0, 0.05) is 17.1 Å². The molecule has 2 aromatic heterocycles. The van der Waals surface area contributed by atoms with Gasteiger partial charge in [-0.15, -0.1) is 11.3 Å². The third-order valence-corrected chi connectivity index (χ3v) is 6.52. The van der Waals surface area contributed by atoms with Gasteiger partial charge in [0.2, 0.25) is 0 Å². The molecule has 0 unspecified atom stereocenters. The number of hydrogen-bond donors (Lipinski definition) is 0. The summed E-state index contributed by atoms with van der Waals surface area (Å²) in [4.78, 5) is 18.8. The van der Waals surface area contributed by atoms with Crippen LogP contribution in [0.15, 0.2) is 58.8 Å². The number of thiazole rings is 1. The number of methoxy groups -OCH3 is 1. The third-order valence-electron chi connectivity index (χ3n) is 5.76. The molecule has 0 saturated heterocycles. The van der Waals surface area contributed by atoms with Crippen molar-refractivity contribution in [3.05, 3.63) is 75.7 Å². The van der Waals surface area contributed by atoms with E-state index in [0.717, 1.165) is 16.9 Å². The van der Waals surface area contributed by atoms with Crippen LogP contribution >= 0.6 is 11.3 Å². The Morgan fingerprint density at radius 3 is 2.68 bits per heavy atom. The topological polar surface area (TPSA) is 62.1 Å². The Morgan fingerprint density at radius 1 is 1.12 bits per heavy atom. The summed E-state index contributed by atoms with van der Waals surface area (Å²) in [7, 11) is 1.64. The van der Waals surface area contributed by atoms with Crippen molar-refractivity contribution in [1.82, 2.24) is 9.38 Å². The van der Waals surface area contributed by atoms with Gasteiger partial charge in [0.15, 0.2) is 16.5 Å². The second-order valence-corrected chi connectivity index (χ2v) is 9.03. The highest BCUT2D eigenvalue weighted by molar-refractivity contribution is 7.15. The lowest BCUT2D eigenvalue weighted by atomic mass is 10.0. The Morgan fingerprint density at radius 2 is 1.94 bits per heavy atom. The molecule has 0 atom stereocenters. The third kappa shape index (κ3) is 4.56. The van der Waals surface area contributed by atoms with E-state index in [1.165, 1.54) is 24.2 Å². The maximum atomic E-state index is 13.4. The average Bonchev–Trinajstić information content (AvgIpc) is 3.57. The van der Waals surface area contributed by atoms with Crippen LogP contribution in [0, 0.1) is 5.92 Å². The molecule has 0 amide bonds. The fourth-order valence-corrected chi connectivity index (χ4v) is 4.52. The molecule has 0 bridgehead atoms. The van der Waals surface area contributed by atoms with Crippen molar-refractivity contribution in [2.75, 3.05) is 20.3 Å². The molecule has 0 N–H and O–H groups in total. The van der Waals surface area contributed by atoms with E-state index in [9.17, 15) is 4.79 Å². The Labute approximate surface area is 202 Å². The highest BCUT2D eigenvalue weighted by Gasteiger charge is 2.23. The summed E-state index contributed by atoms with van der Waals surface area (Å²) in [6.07, 6.45) is 7.99. The Hall–Kier alpha value is -3.58. The minimum Gasteiger partial charge on any atom is -0.494 e. The lowest BCUT2D eigenvalue weighted by Gasteiger charge is -2.13. The molecular weight excluding hydrogens is 448 g/mol. The van der Waals surface area contributed by atoms with Crippen LogP contribution in [0.3, 0.4) is 0 Å². The van der Waals surface area contributed by atoms with Gasteiger partial charge < -0.3 is 14.2 Å². The molecular formula is C27H26N2O4S. The zero-order valence-corrected chi connectivity index (χ0v) is 20.0. The van der Waals surface area contributed by atoms with E-state index in [1.807, 2.05) is 66.9 Å². The predicted octanol–water partition coefficient (Wildman–Crippen LogP) is 5.79. The molecule has 2 heterocycles. The molecule has 1 fully saturated rings. The van der Waals surface area contributed by atoms with E-state index in [-0.39, 0.29) is 5.56 Å². The first-order valence-corrected chi connectivity index (χ1v) is 12.3. The summed E-state index contributed by atoms with van der Waals surface area (Å²) in [5, 5.41) is 1.87. The van der Waals surface area contributed by atoms with Crippen LogP contribution in [0.25, 0.3) is 28.2 Å². The first kappa shape index (κ1) is 22.2. The van der Waals surface area contributed by atoms with Crippen molar-refractivity contribution >= 4 is 28.4 Å². The van der Waals surface area contributed by atoms with Gasteiger partial charge >= 0.3 is 0 Å². The number of hydrogen-bond acceptors (Lipinski definition) is 6. The van der Waals surface area contributed by atoms with Crippen LogP contribution < -0.4 is 19.8 Å². The lowest BCUT2D eigenvalue weighted by molar-refractivity contribution is 0.280.